The van der Waals surface area contributed by atoms with Crippen molar-refractivity contribution in [3.63, 3.8) is 0 Å². The first-order chi connectivity index (χ1) is 5.52. The summed E-state index contributed by atoms with van der Waals surface area (Å²) in [6, 6.07) is 0. The second kappa shape index (κ2) is 3.30. The number of hydrogen-bond donors (Lipinski definition) is 0. The van der Waals surface area contributed by atoms with Gasteiger partial charge in [-0.25, -0.2) is 4.98 Å². The van der Waals surface area contributed by atoms with Crippen LogP contribution in [0, 0.1) is 0 Å². The summed E-state index contributed by atoms with van der Waals surface area (Å²) in [4.78, 5) is 4.57. The third-order valence-electron chi connectivity index (χ3n) is 2.04. The normalized spacial score (nSPS) is 11.6. The summed E-state index contributed by atoms with van der Waals surface area (Å²) in [5.41, 5.74) is 1.20. The molecule has 2 nitrogen and oxygen atoms in total. The Bertz CT molecular complexity index is 259. The monoisotopic (exact) mass is 166 g/mol. The van der Waals surface area contributed by atoms with Crippen LogP contribution in [0.4, 0.5) is 0 Å². The first-order valence-electron chi connectivity index (χ1n) is 4.55. The summed E-state index contributed by atoms with van der Waals surface area (Å²) in [7, 11) is 2.06. The lowest BCUT2D eigenvalue weighted by molar-refractivity contribution is 0.708. The lowest BCUT2D eigenvalue weighted by Crippen LogP contribution is -1.98. The molecule has 0 aromatic carbocycles. The first kappa shape index (κ1) is 9.30. The van der Waals surface area contributed by atoms with Gasteiger partial charge in [0, 0.05) is 19.2 Å². The van der Waals surface area contributed by atoms with E-state index in [0.29, 0.717) is 11.8 Å². The van der Waals surface area contributed by atoms with E-state index in [1.165, 1.54) is 11.5 Å². The van der Waals surface area contributed by atoms with Crippen molar-refractivity contribution in [3.8, 4) is 0 Å². The molecule has 68 valence electrons. The van der Waals surface area contributed by atoms with E-state index in [1.807, 2.05) is 0 Å². The van der Waals surface area contributed by atoms with E-state index in [1.54, 1.807) is 0 Å². The minimum Gasteiger partial charge on any atom is -0.337 e. The Labute approximate surface area is 74.6 Å². The van der Waals surface area contributed by atoms with Gasteiger partial charge in [0.25, 0.3) is 0 Å². The summed E-state index contributed by atoms with van der Waals surface area (Å²) in [5.74, 6) is 2.23. The van der Waals surface area contributed by atoms with E-state index in [2.05, 4.69) is 50.5 Å². The summed E-state index contributed by atoms with van der Waals surface area (Å²) >= 11 is 0. The molecular weight excluding hydrogens is 148 g/mol. The van der Waals surface area contributed by atoms with Gasteiger partial charge in [0.15, 0.2) is 0 Å². The maximum absolute atomic E-state index is 4.57. The molecule has 0 aliphatic heterocycles. The molecule has 0 fully saturated rings. The van der Waals surface area contributed by atoms with Gasteiger partial charge >= 0.3 is 0 Å². The molecule has 1 aromatic rings. The summed E-state index contributed by atoms with van der Waals surface area (Å²) in [6.07, 6.45) is 2.12. The van der Waals surface area contributed by atoms with Gasteiger partial charge in [-0.15, -0.1) is 0 Å². The number of aryl methyl sites for hydroxylation is 1. The van der Waals surface area contributed by atoms with E-state index in [9.17, 15) is 0 Å². The topological polar surface area (TPSA) is 17.8 Å². The first-order valence-corrected chi connectivity index (χ1v) is 4.55. The second-order valence-electron chi connectivity index (χ2n) is 3.94. The van der Waals surface area contributed by atoms with Gasteiger partial charge in [0.05, 0.1) is 5.69 Å². The lowest BCUT2D eigenvalue weighted by atomic mass is 10.1. The molecule has 0 N–H and O–H groups in total. The van der Waals surface area contributed by atoms with Crippen molar-refractivity contribution in [3.05, 3.63) is 17.7 Å². The van der Waals surface area contributed by atoms with Crippen molar-refractivity contribution in [2.24, 2.45) is 7.05 Å². The largest absolute Gasteiger partial charge is 0.337 e. The average molecular weight is 166 g/mol. The Hall–Kier alpha value is -0.790. The Morgan fingerprint density at radius 1 is 1.17 bits per heavy atom. The maximum atomic E-state index is 4.57. The van der Waals surface area contributed by atoms with Crippen molar-refractivity contribution in [2.45, 2.75) is 39.5 Å². The van der Waals surface area contributed by atoms with Gasteiger partial charge < -0.3 is 4.57 Å². The van der Waals surface area contributed by atoms with Crippen LogP contribution in [-0.2, 0) is 7.05 Å². The van der Waals surface area contributed by atoms with Crippen LogP contribution >= 0.6 is 0 Å². The third-order valence-corrected chi connectivity index (χ3v) is 2.04. The molecule has 0 saturated heterocycles. The molecule has 0 bridgehead atoms. The van der Waals surface area contributed by atoms with Gasteiger partial charge in [-0.1, -0.05) is 27.7 Å². The van der Waals surface area contributed by atoms with E-state index >= 15 is 0 Å². The molecule has 12 heavy (non-hydrogen) atoms. The van der Waals surface area contributed by atoms with Gasteiger partial charge in [-0.2, -0.15) is 0 Å². The standard InChI is InChI=1S/C10H18N2/c1-7(2)9-6-12(5)10(11-9)8(3)4/h6-8H,1-5H3. The van der Waals surface area contributed by atoms with Crippen LogP contribution in [0.25, 0.3) is 0 Å². The van der Waals surface area contributed by atoms with Gasteiger partial charge in [-0.3, -0.25) is 0 Å². The molecule has 0 aliphatic carbocycles. The molecule has 0 atom stereocenters. The van der Waals surface area contributed by atoms with Crippen LogP contribution in [0.5, 0.6) is 0 Å². The minimum atomic E-state index is 0.516. The fourth-order valence-electron chi connectivity index (χ4n) is 1.32. The van der Waals surface area contributed by atoms with Gasteiger partial charge in [0.2, 0.25) is 0 Å². The highest BCUT2D eigenvalue weighted by atomic mass is 15.1. The number of rotatable bonds is 2. The minimum absolute atomic E-state index is 0.516. The molecular formula is C10H18N2. The summed E-state index contributed by atoms with van der Waals surface area (Å²) in [6.45, 7) is 8.69. The molecule has 2 heteroatoms. The SMILES string of the molecule is CC(C)c1cn(C)c(C(C)C)n1. The van der Waals surface area contributed by atoms with Crippen LogP contribution in [0.3, 0.4) is 0 Å². The zero-order chi connectivity index (χ0) is 9.30. The Kier molecular flexibility index (Phi) is 2.55. The molecule has 0 unspecified atom stereocenters. The van der Waals surface area contributed by atoms with Crippen LogP contribution in [0.15, 0.2) is 6.20 Å². The summed E-state index contributed by atoms with van der Waals surface area (Å²) < 4.78 is 2.12. The molecule has 0 spiro atoms. The van der Waals surface area contributed by atoms with Gasteiger partial charge in [-0.05, 0) is 5.92 Å². The predicted molar refractivity (Wildman–Crippen MR) is 51.4 cm³/mol. The number of aromatic nitrogens is 2. The molecule has 0 radical (unpaired) electrons. The van der Waals surface area contributed by atoms with Crippen molar-refractivity contribution < 1.29 is 0 Å². The van der Waals surface area contributed by atoms with E-state index in [4.69, 9.17) is 0 Å². The average Bonchev–Trinajstić information content (AvgIpc) is 2.30. The summed E-state index contributed by atoms with van der Waals surface area (Å²) in [5, 5.41) is 0. The maximum Gasteiger partial charge on any atom is 0.111 e. The fraction of sp³-hybridized carbons (Fsp3) is 0.700. The smallest absolute Gasteiger partial charge is 0.111 e. The molecule has 1 rings (SSSR count). The van der Waals surface area contributed by atoms with Crippen molar-refractivity contribution >= 4 is 0 Å². The molecule has 0 aliphatic rings. The molecule has 0 saturated carbocycles. The van der Waals surface area contributed by atoms with E-state index < -0.39 is 0 Å². The Morgan fingerprint density at radius 2 is 1.75 bits per heavy atom. The van der Waals surface area contributed by atoms with Crippen molar-refractivity contribution in [1.29, 1.82) is 0 Å². The fourth-order valence-corrected chi connectivity index (χ4v) is 1.32. The highest BCUT2D eigenvalue weighted by Crippen LogP contribution is 2.17. The van der Waals surface area contributed by atoms with Crippen molar-refractivity contribution in [1.82, 2.24) is 9.55 Å². The van der Waals surface area contributed by atoms with Crippen LogP contribution in [0.2, 0.25) is 0 Å². The Balaban J connectivity index is 3.00. The van der Waals surface area contributed by atoms with E-state index in [0.717, 1.165) is 0 Å². The molecule has 1 aromatic heterocycles. The number of hydrogen-bond acceptors (Lipinski definition) is 1. The zero-order valence-electron chi connectivity index (χ0n) is 8.63. The number of nitrogens with zero attached hydrogens (tertiary/aromatic N) is 2. The Morgan fingerprint density at radius 3 is 2.00 bits per heavy atom. The van der Waals surface area contributed by atoms with Crippen LogP contribution in [0.1, 0.15) is 51.0 Å². The zero-order valence-corrected chi connectivity index (χ0v) is 8.63. The van der Waals surface area contributed by atoms with Crippen molar-refractivity contribution in [2.75, 3.05) is 0 Å². The van der Waals surface area contributed by atoms with E-state index in [-0.39, 0.29) is 0 Å². The molecule has 1 heterocycles. The molecule has 0 amide bonds. The van der Waals surface area contributed by atoms with Crippen LogP contribution in [-0.4, -0.2) is 9.55 Å². The van der Waals surface area contributed by atoms with Gasteiger partial charge in [0.1, 0.15) is 5.82 Å². The lowest BCUT2D eigenvalue weighted by Gasteiger charge is -2.02. The van der Waals surface area contributed by atoms with Crippen LogP contribution < -0.4 is 0 Å². The second-order valence-corrected chi connectivity index (χ2v) is 3.94. The highest BCUT2D eigenvalue weighted by Gasteiger charge is 2.10. The predicted octanol–water partition coefficient (Wildman–Crippen LogP) is 2.67. The highest BCUT2D eigenvalue weighted by molar-refractivity contribution is 5.09. The third kappa shape index (κ3) is 1.68. The number of imidazole rings is 1. The quantitative estimate of drug-likeness (QED) is 0.660.